The van der Waals surface area contributed by atoms with E-state index in [0.717, 1.165) is 0 Å². The number of aromatic nitrogens is 2. The fourth-order valence-corrected chi connectivity index (χ4v) is 6.06. The van der Waals surface area contributed by atoms with Crippen LogP contribution in [-0.2, 0) is 22.6 Å². The number of aromatic amines is 1. The second kappa shape index (κ2) is 14.2. The maximum Gasteiger partial charge on any atom is 0.258 e. The number of rotatable bonds is 3. The summed E-state index contributed by atoms with van der Waals surface area (Å²) in [6.45, 7) is 3.63. The van der Waals surface area contributed by atoms with Crippen LogP contribution in [0, 0.1) is 19.7 Å². The number of nitrogens with zero attached hydrogens (tertiary/aromatic N) is 2. The highest BCUT2D eigenvalue weighted by Gasteiger charge is 2.35. The van der Waals surface area contributed by atoms with Crippen molar-refractivity contribution in [3.8, 4) is 28.4 Å². The summed E-state index contributed by atoms with van der Waals surface area (Å²) >= 11 is 0. The molecular weight excluding hydrogens is 633 g/mol. The molecule has 1 fully saturated rings. The Bertz CT molecular complexity index is 1980. The van der Waals surface area contributed by atoms with Crippen LogP contribution in [0.15, 0.2) is 65.5 Å². The van der Waals surface area contributed by atoms with Crippen molar-refractivity contribution in [1.29, 1.82) is 0 Å². The van der Waals surface area contributed by atoms with Gasteiger partial charge in [-0.3, -0.25) is 19.2 Å². The number of hydrogen-bond donors (Lipinski definition) is 3. The number of fused-ring (bicyclic) bond motifs is 7. The third kappa shape index (κ3) is 7.56. The van der Waals surface area contributed by atoms with Crippen LogP contribution in [0.2, 0.25) is 0 Å². The van der Waals surface area contributed by atoms with Gasteiger partial charge in [-0.15, -0.1) is 0 Å². The monoisotopic (exact) mass is 669 g/mol. The van der Waals surface area contributed by atoms with Gasteiger partial charge in [0.25, 0.3) is 17.4 Å². The second-order valence-electron chi connectivity index (χ2n) is 12.0. The van der Waals surface area contributed by atoms with Gasteiger partial charge in [-0.25, -0.2) is 9.37 Å². The van der Waals surface area contributed by atoms with Crippen LogP contribution in [-0.4, -0.2) is 71.5 Å². The van der Waals surface area contributed by atoms with Gasteiger partial charge in [0.2, 0.25) is 5.91 Å². The van der Waals surface area contributed by atoms with E-state index in [0.29, 0.717) is 51.9 Å². The highest BCUT2D eigenvalue weighted by molar-refractivity contribution is 5.96. The average molecular weight is 670 g/mol. The van der Waals surface area contributed by atoms with Gasteiger partial charge in [-0.1, -0.05) is 18.2 Å². The predicted octanol–water partition coefficient (Wildman–Crippen LogP) is 3.23. The average Bonchev–Trinajstić information content (AvgIpc) is 3.08. The molecule has 49 heavy (non-hydrogen) atoms. The van der Waals surface area contributed by atoms with E-state index in [4.69, 9.17) is 14.2 Å². The molecule has 3 N–H and O–H groups in total. The minimum absolute atomic E-state index is 0.0490. The first-order valence-corrected chi connectivity index (χ1v) is 15.9. The summed E-state index contributed by atoms with van der Waals surface area (Å²) in [4.78, 5) is 61.0. The molecule has 3 aromatic carbocycles. The molecule has 13 heteroatoms. The molecule has 0 saturated carbocycles. The fraction of sp³-hybridized carbons (Fsp3) is 0.306. The number of benzene rings is 3. The van der Waals surface area contributed by atoms with Crippen molar-refractivity contribution in [3.05, 3.63) is 105 Å². The number of likely N-dealkylation sites (tertiary alicyclic amines) is 1. The van der Waals surface area contributed by atoms with Crippen molar-refractivity contribution in [3.63, 3.8) is 0 Å². The van der Waals surface area contributed by atoms with Crippen molar-refractivity contribution in [1.82, 2.24) is 25.5 Å². The highest BCUT2D eigenvalue weighted by Crippen LogP contribution is 2.29. The van der Waals surface area contributed by atoms with E-state index < -0.39 is 23.9 Å². The molecule has 4 heterocycles. The van der Waals surface area contributed by atoms with Crippen LogP contribution in [0.3, 0.4) is 0 Å². The molecule has 3 aliphatic rings. The number of carbonyl (C=O) groups is 3. The zero-order valence-corrected chi connectivity index (χ0v) is 27.3. The van der Waals surface area contributed by atoms with Gasteiger partial charge >= 0.3 is 0 Å². The van der Waals surface area contributed by atoms with Gasteiger partial charge in [0.15, 0.2) is 6.61 Å². The molecule has 0 radical (unpaired) electrons. The zero-order valence-electron chi connectivity index (χ0n) is 27.3. The van der Waals surface area contributed by atoms with Gasteiger partial charge in [0, 0.05) is 48.9 Å². The Labute approximate surface area is 281 Å². The molecule has 1 aromatic heterocycles. The van der Waals surface area contributed by atoms with Crippen molar-refractivity contribution < 1.29 is 33.0 Å². The molecule has 1 saturated heterocycles. The number of ether oxygens (including phenoxy) is 3. The molecule has 0 spiro atoms. The zero-order chi connectivity index (χ0) is 34.7. The largest absolute Gasteiger partial charge is 0.496 e. The maximum absolute atomic E-state index is 15.2. The first kappa shape index (κ1) is 33.2. The van der Waals surface area contributed by atoms with Gasteiger partial charge in [0.05, 0.1) is 25.1 Å². The van der Waals surface area contributed by atoms with E-state index in [-0.39, 0.29) is 61.2 Å². The molecule has 4 aromatic rings. The lowest BCUT2D eigenvalue weighted by atomic mass is 9.98. The summed E-state index contributed by atoms with van der Waals surface area (Å²) in [5.41, 5.74) is 2.07. The number of halogens is 1. The maximum atomic E-state index is 15.2. The van der Waals surface area contributed by atoms with Crippen LogP contribution < -0.4 is 30.4 Å². The Morgan fingerprint density at radius 1 is 1.04 bits per heavy atom. The highest BCUT2D eigenvalue weighted by atomic mass is 19.1. The fourth-order valence-electron chi connectivity index (χ4n) is 6.06. The SMILES string of the molecule is COc1cc2ccc1CNC(=O)COc1cccc(c1)-c1ccc(F)c(c1)C(=O)N[C@@H]1CN(C(=O)Cc3c(C)nc(C)[nH]c3=O)CC[C@@H]1O2. The van der Waals surface area contributed by atoms with Gasteiger partial charge in [-0.2, -0.15) is 0 Å². The van der Waals surface area contributed by atoms with Gasteiger partial charge < -0.3 is 34.7 Å². The third-order valence-electron chi connectivity index (χ3n) is 8.66. The Balaban J connectivity index is 1.33. The first-order valence-electron chi connectivity index (χ1n) is 15.9. The molecule has 7 rings (SSSR count). The molecule has 6 bridgehead atoms. The number of carbonyl (C=O) groups excluding carboxylic acids is 3. The lowest BCUT2D eigenvalue weighted by molar-refractivity contribution is -0.133. The summed E-state index contributed by atoms with van der Waals surface area (Å²) in [7, 11) is 1.51. The lowest BCUT2D eigenvalue weighted by Crippen LogP contribution is -2.58. The van der Waals surface area contributed by atoms with E-state index in [1.807, 2.05) is 0 Å². The molecule has 0 aliphatic carbocycles. The molecule has 3 aliphatic heterocycles. The van der Waals surface area contributed by atoms with Crippen molar-refractivity contribution in [2.75, 3.05) is 26.8 Å². The lowest BCUT2D eigenvalue weighted by Gasteiger charge is -2.39. The van der Waals surface area contributed by atoms with Crippen LogP contribution in [0.5, 0.6) is 17.2 Å². The van der Waals surface area contributed by atoms with E-state index >= 15 is 4.39 Å². The second-order valence-corrected chi connectivity index (χ2v) is 12.0. The quantitative estimate of drug-likeness (QED) is 0.301. The summed E-state index contributed by atoms with van der Waals surface area (Å²) in [6, 6.07) is 15.6. The minimum Gasteiger partial charge on any atom is -0.496 e. The van der Waals surface area contributed by atoms with E-state index in [9.17, 15) is 19.2 Å². The number of nitrogens with one attached hydrogen (secondary N) is 3. The van der Waals surface area contributed by atoms with E-state index in [1.165, 1.54) is 19.2 Å². The van der Waals surface area contributed by atoms with E-state index in [2.05, 4.69) is 20.6 Å². The van der Waals surface area contributed by atoms with Crippen LogP contribution in [0.4, 0.5) is 4.39 Å². The van der Waals surface area contributed by atoms with Gasteiger partial charge in [0.1, 0.15) is 35.0 Å². The first-order chi connectivity index (χ1) is 23.6. The normalized spacial score (nSPS) is 17.9. The number of hydrogen-bond acceptors (Lipinski definition) is 8. The smallest absolute Gasteiger partial charge is 0.258 e. The van der Waals surface area contributed by atoms with Crippen LogP contribution in [0.25, 0.3) is 11.1 Å². The number of methoxy groups -OCH3 is 1. The van der Waals surface area contributed by atoms with Crippen molar-refractivity contribution in [2.45, 2.75) is 45.4 Å². The molecule has 254 valence electrons. The van der Waals surface area contributed by atoms with Crippen molar-refractivity contribution >= 4 is 17.7 Å². The van der Waals surface area contributed by atoms with E-state index in [1.54, 1.807) is 67.3 Å². The minimum atomic E-state index is -0.754. The molecular formula is C36H36FN5O7. The standard InChI is InChI=1S/C36H36FN5O7/c1-20-27(35(45)40-21(2)39-20)16-34(44)42-12-11-31-30(18-42)41-36(46)28-14-23(8-10-29(28)37)22-5-4-6-25(13-22)48-19-33(43)38-17-24-7-9-26(49-31)15-32(24)47-3/h4-10,13-15,30-31H,11-12,16-19H2,1-3H3,(H,38,43)(H,41,46)(H,39,40,45)/t30-,31+/m1/s1. The Kier molecular flexibility index (Phi) is 9.61. The summed E-state index contributed by atoms with van der Waals surface area (Å²) < 4.78 is 32.9. The number of piperidine rings is 1. The Morgan fingerprint density at radius 3 is 2.65 bits per heavy atom. The van der Waals surface area contributed by atoms with Crippen LogP contribution in [0.1, 0.15) is 39.4 Å². The Morgan fingerprint density at radius 2 is 1.86 bits per heavy atom. The Hall–Kier alpha value is -5.72. The molecule has 12 nitrogen and oxygen atoms in total. The van der Waals surface area contributed by atoms with Gasteiger partial charge in [-0.05, 0) is 61.4 Å². The van der Waals surface area contributed by atoms with Crippen molar-refractivity contribution in [2.24, 2.45) is 0 Å². The topological polar surface area (TPSA) is 152 Å². The number of H-pyrrole nitrogens is 1. The molecule has 2 atom stereocenters. The number of amides is 3. The third-order valence-corrected chi connectivity index (χ3v) is 8.66. The molecule has 3 amide bonds. The summed E-state index contributed by atoms with van der Waals surface area (Å²) in [5.74, 6) is -0.288. The summed E-state index contributed by atoms with van der Waals surface area (Å²) in [5, 5.41) is 5.75. The molecule has 0 unspecified atom stereocenters. The summed E-state index contributed by atoms with van der Waals surface area (Å²) in [6.07, 6.45) is -0.455. The number of aryl methyl sites for hydroxylation is 2. The van der Waals surface area contributed by atoms with Crippen LogP contribution >= 0.6 is 0 Å². The predicted molar refractivity (Wildman–Crippen MR) is 177 cm³/mol.